The lowest BCUT2D eigenvalue weighted by molar-refractivity contribution is 0.0952. The fourth-order valence-electron chi connectivity index (χ4n) is 4.13. The summed E-state index contributed by atoms with van der Waals surface area (Å²) >= 11 is 0. The number of hydrogen-bond donors (Lipinski definition) is 4. The molecule has 0 spiro atoms. The molecule has 4 rings (SSSR count). The fourth-order valence-corrected chi connectivity index (χ4v) is 5.37. The second-order valence-corrected chi connectivity index (χ2v) is 10.4. The van der Waals surface area contributed by atoms with E-state index >= 15 is 0 Å². The number of benzene rings is 4. The van der Waals surface area contributed by atoms with E-state index in [9.17, 15) is 18.3 Å². The van der Waals surface area contributed by atoms with Crippen molar-refractivity contribution in [3.63, 3.8) is 0 Å². The van der Waals surface area contributed by atoms with E-state index in [1.807, 2.05) is 6.07 Å². The summed E-state index contributed by atoms with van der Waals surface area (Å²) in [4.78, 5) is 12.4. The monoisotopic (exact) mass is 561 g/mol. The van der Waals surface area contributed by atoms with Crippen LogP contribution >= 0.6 is 0 Å². The number of carbonyl (C=O) groups excluding carboxylic acids is 1. The van der Waals surface area contributed by atoms with E-state index in [1.165, 1.54) is 14.2 Å². The van der Waals surface area contributed by atoms with Gasteiger partial charge in [-0.05, 0) is 65.2 Å². The highest BCUT2D eigenvalue weighted by atomic mass is 32.2. The van der Waals surface area contributed by atoms with Gasteiger partial charge in [0.2, 0.25) is 0 Å². The van der Waals surface area contributed by atoms with E-state index in [4.69, 9.17) is 9.47 Å². The Morgan fingerprint density at radius 2 is 1.50 bits per heavy atom. The maximum atomic E-state index is 13.4. The van der Waals surface area contributed by atoms with Crippen LogP contribution in [0, 0.1) is 0 Å². The van der Waals surface area contributed by atoms with Crippen molar-refractivity contribution in [2.24, 2.45) is 0 Å². The summed E-state index contributed by atoms with van der Waals surface area (Å²) in [6, 6.07) is 26.0. The van der Waals surface area contributed by atoms with Crippen molar-refractivity contribution in [2.75, 3.05) is 37.3 Å². The molecule has 0 fully saturated rings. The summed E-state index contributed by atoms with van der Waals surface area (Å²) < 4.78 is 40.0. The Labute approximate surface area is 233 Å². The van der Waals surface area contributed by atoms with Gasteiger partial charge in [-0.1, -0.05) is 42.5 Å². The standard InChI is InChI=1S/C30H31N3O6S/c1-38-27-12-4-3-11-26(27)30(35)32-16-15-31-24-9-6-10-25(19-24)33-40(36,37)29-18-23(13-14-28(29)39-2)22-8-5-7-21(17-22)20-34/h3-14,17-19,31,33-34H,15-16,20H2,1-2H3,(H,32,35). The van der Waals surface area contributed by atoms with Crippen LogP contribution in [0.1, 0.15) is 15.9 Å². The van der Waals surface area contributed by atoms with Crippen molar-refractivity contribution in [3.05, 3.63) is 102 Å². The molecule has 10 heteroatoms. The van der Waals surface area contributed by atoms with Gasteiger partial charge in [0.25, 0.3) is 15.9 Å². The molecule has 0 atom stereocenters. The lowest BCUT2D eigenvalue weighted by Gasteiger charge is -2.15. The van der Waals surface area contributed by atoms with E-state index in [0.29, 0.717) is 41.3 Å². The van der Waals surface area contributed by atoms with Gasteiger partial charge in [0.1, 0.15) is 16.4 Å². The Kier molecular flexibility index (Phi) is 9.26. The van der Waals surface area contributed by atoms with Crippen LogP contribution in [0.4, 0.5) is 11.4 Å². The third-order valence-corrected chi connectivity index (χ3v) is 7.50. The molecule has 0 aliphatic rings. The molecule has 1 amide bonds. The van der Waals surface area contributed by atoms with Crippen molar-refractivity contribution in [1.82, 2.24) is 5.32 Å². The maximum absolute atomic E-state index is 13.4. The lowest BCUT2D eigenvalue weighted by Crippen LogP contribution is -2.29. The number of hydrogen-bond acceptors (Lipinski definition) is 7. The fraction of sp³-hybridized carbons (Fsp3) is 0.167. The number of amides is 1. The Bertz CT molecular complexity index is 1590. The van der Waals surface area contributed by atoms with Gasteiger partial charge in [0.05, 0.1) is 32.1 Å². The third kappa shape index (κ3) is 6.90. The first-order chi connectivity index (χ1) is 19.3. The Morgan fingerprint density at radius 1 is 0.775 bits per heavy atom. The minimum atomic E-state index is -4.01. The zero-order chi connectivity index (χ0) is 28.5. The molecular formula is C30H31N3O6S. The number of ether oxygens (including phenoxy) is 2. The molecule has 0 aliphatic heterocycles. The van der Waals surface area contributed by atoms with Crippen LogP contribution in [0.5, 0.6) is 11.5 Å². The second kappa shape index (κ2) is 13.0. The van der Waals surface area contributed by atoms with Crippen LogP contribution in [-0.4, -0.2) is 46.7 Å². The maximum Gasteiger partial charge on any atom is 0.265 e. The van der Waals surface area contributed by atoms with Gasteiger partial charge in [0.15, 0.2) is 0 Å². The average molecular weight is 562 g/mol. The molecule has 4 aromatic rings. The minimum absolute atomic E-state index is 0.0145. The van der Waals surface area contributed by atoms with E-state index in [-0.39, 0.29) is 23.2 Å². The molecule has 40 heavy (non-hydrogen) atoms. The summed E-state index contributed by atoms with van der Waals surface area (Å²) in [5, 5.41) is 15.5. The highest BCUT2D eigenvalue weighted by molar-refractivity contribution is 7.92. The highest BCUT2D eigenvalue weighted by Gasteiger charge is 2.21. The summed E-state index contributed by atoms with van der Waals surface area (Å²) in [6.07, 6.45) is 0. The van der Waals surface area contributed by atoms with Crippen LogP contribution in [0.15, 0.2) is 95.9 Å². The number of anilines is 2. The van der Waals surface area contributed by atoms with Gasteiger partial charge >= 0.3 is 0 Å². The van der Waals surface area contributed by atoms with Crippen molar-refractivity contribution >= 4 is 27.3 Å². The van der Waals surface area contributed by atoms with Crippen molar-refractivity contribution in [2.45, 2.75) is 11.5 Å². The molecule has 0 heterocycles. The zero-order valence-electron chi connectivity index (χ0n) is 22.2. The highest BCUT2D eigenvalue weighted by Crippen LogP contribution is 2.32. The topological polar surface area (TPSA) is 126 Å². The molecule has 0 radical (unpaired) electrons. The van der Waals surface area contributed by atoms with Gasteiger partial charge in [-0.3, -0.25) is 9.52 Å². The normalized spacial score (nSPS) is 11.0. The molecular weight excluding hydrogens is 530 g/mol. The van der Waals surface area contributed by atoms with Crippen LogP contribution in [0.2, 0.25) is 0 Å². The Balaban J connectivity index is 1.43. The summed E-state index contributed by atoms with van der Waals surface area (Å²) in [5.41, 5.74) is 3.64. The van der Waals surface area contributed by atoms with Crippen LogP contribution in [0.3, 0.4) is 0 Å². The zero-order valence-corrected chi connectivity index (χ0v) is 23.0. The summed E-state index contributed by atoms with van der Waals surface area (Å²) in [6.45, 7) is 0.642. The number of rotatable bonds is 12. The first kappa shape index (κ1) is 28.5. The average Bonchev–Trinajstić information content (AvgIpc) is 2.98. The summed E-state index contributed by atoms with van der Waals surface area (Å²) in [7, 11) is -1.09. The number of methoxy groups -OCH3 is 2. The molecule has 9 nitrogen and oxygen atoms in total. The van der Waals surface area contributed by atoms with Crippen molar-refractivity contribution in [3.8, 4) is 22.6 Å². The van der Waals surface area contributed by atoms with E-state index in [1.54, 1.807) is 84.9 Å². The summed E-state index contributed by atoms with van der Waals surface area (Å²) in [5.74, 6) is 0.448. The van der Waals surface area contributed by atoms with Gasteiger partial charge in [-0.15, -0.1) is 0 Å². The molecule has 0 aliphatic carbocycles. The quantitative estimate of drug-likeness (QED) is 0.188. The van der Waals surface area contributed by atoms with Crippen LogP contribution in [0.25, 0.3) is 11.1 Å². The van der Waals surface area contributed by atoms with E-state index < -0.39 is 10.0 Å². The molecule has 0 unspecified atom stereocenters. The first-order valence-corrected chi connectivity index (χ1v) is 14.0. The lowest BCUT2D eigenvalue weighted by atomic mass is 10.0. The predicted octanol–water partition coefficient (Wildman–Crippen LogP) is 4.51. The van der Waals surface area contributed by atoms with E-state index in [2.05, 4.69) is 15.4 Å². The molecule has 0 bridgehead atoms. The predicted molar refractivity (Wildman–Crippen MR) is 155 cm³/mol. The van der Waals surface area contributed by atoms with Gasteiger partial charge in [-0.25, -0.2) is 8.42 Å². The molecule has 0 saturated heterocycles. The molecule has 0 saturated carbocycles. The minimum Gasteiger partial charge on any atom is -0.496 e. The second-order valence-electron chi connectivity index (χ2n) is 8.79. The smallest absolute Gasteiger partial charge is 0.265 e. The number of nitrogens with one attached hydrogen (secondary N) is 3. The van der Waals surface area contributed by atoms with Crippen molar-refractivity contribution < 1.29 is 27.8 Å². The molecule has 208 valence electrons. The van der Waals surface area contributed by atoms with Gasteiger partial charge in [-0.2, -0.15) is 0 Å². The van der Waals surface area contributed by atoms with Gasteiger partial charge in [0, 0.05) is 18.8 Å². The van der Waals surface area contributed by atoms with Gasteiger partial charge < -0.3 is 25.2 Å². The van der Waals surface area contributed by atoms with Crippen LogP contribution in [-0.2, 0) is 16.6 Å². The number of sulfonamides is 1. The number of aliphatic hydroxyl groups excluding tert-OH is 1. The SMILES string of the molecule is COc1ccccc1C(=O)NCCNc1cccc(NS(=O)(=O)c2cc(-c3cccc(CO)c3)ccc2OC)c1. The third-order valence-electron chi connectivity index (χ3n) is 6.10. The molecule has 4 N–H and O–H groups in total. The van der Waals surface area contributed by atoms with Crippen LogP contribution < -0.4 is 24.8 Å². The number of carbonyl (C=O) groups is 1. The van der Waals surface area contributed by atoms with E-state index in [0.717, 1.165) is 11.1 Å². The Hall–Kier alpha value is -4.54. The molecule has 4 aromatic carbocycles. The molecule has 0 aromatic heterocycles. The number of aliphatic hydroxyl groups is 1. The largest absolute Gasteiger partial charge is 0.496 e. The van der Waals surface area contributed by atoms with Crippen molar-refractivity contribution in [1.29, 1.82) is 0 Å². The number of para-hydroxylation sites is 1. The first-order valence-electron chi connectivity index (χ1n) is 12.5. The Morgan fingerprint density at radius 3 is 2.27 bits per heavy atom.